The summed E-state index contributed by atoms with van der Waals surface area (Å²) in [7, 11) is 0. The Kier molecular flexibility index (Phi) is 4.85. The van der Waals surface area contributed by atoms with Crippen molar-refractivity contribution < 1.29 is 19.5 Å². The summed E-state index contributed by atoms with van der Waals surface area (Å²) in [6.45, 7) is 0. The first-order valence-electron chi connectivity index (χ1n) is 9.58. The molecular weight excluding hydrogens is 439 g/mol. The topological polar surface area (TPSA) is 70.1 Å². The molecule has 2 heterocycles. The van der Waals surface area contributed by atoms with Gasteiger partial charge in [-0.25, -0.2) is 9.96 Å². The summed E-state index contributed by atoms with van der Waals surface area (Å²) in [6, 6.07) is 19.8. The van der Waals surface area contributed by atoms with Crippen LogP contribution < -0.4 is 9.96 Å². The van der Waals surface area contributed by atoms with Crippen LogP contribution in [0.25, 0.3) is 0 Å². The maximum absolute atomic E-state index is 13.5. The second-order valence-corrected chi connectivity index (χ2v) is 8.26. The lowest BCUT2D eigenvalue weighted by Crippen LogP contribution is -2.37. The zero-order valence-corrected chi connectivity index (χ0v) is 17.5. The van der Waals surface area contributed by atoms with E-state index < -0.39 is 29.9 Å². The molecule has 3 aromatic carbocycles. The molecule has 2 amide bonds. The van der Waals surface area contributed by atoms with E-state index in [-0.39, 0.29) is 5.75 Å². The molecule has 6 nitrogen and oxygen atoms in total. The van der Waals surface area contributed by atoms with E-state index in [1.165, 1.54) is 18.2 Å². The molecule has 1 N–H and O–H groups in total. The number of anilines is 2. The number of para-hydroxylation sites is 1. The number of hydrogen-bond acceptors (Lipinski definition) is 5. The van der Waals surface area contributed by atoms with E-state index in [1.54, 1.807) is 29.3 Å². The quantitative estimate of drug-likeness (QED) is 0.578. The van der Waals surface area contributed by atoms with E-state index in [1.807, 2.05) is 30.3 Å². The molecule has 0 spiro atoms. The van der Waals surface area contributed by atoms with Gasteiger partial charge in [0.05, 0.1) is 17.4 Å². The lowest BCUT2D eigenvalue weighted by molar-refractivity contribution is -0.126. The van der Waals surface area contributed by atoms with Gasteiger partial charge in [-0.2, -0.15) is 0 Å². The summed E-state index contributed by atoms with van der Waals surface area (Å²) in [4.78, 5) is 33.9. The molecule has 0 unspecified atom stereocenters. The highest BCUT2D eigenvalue weighted by molar-refractivity contribution is 6.35. The molecule has 3 atom stereocenters. The summed E-state index contributed by atoms with van der Waals surface area (Å²) in [5, 5.41) is 11.9. The fraction of sp³-hybridized carbons (Fsp3) is 0.130. The van der Waals surface area contributed by atoms with Crippen molar-refractivity contribution >= 4 is 46.4 Å². The van der Waals surface area contributed by atoms with Gasteiger partial charge in [0, 0.05) is 10.0 Å². The number of aromatic hydroxyl groups is 1. The summed E-state index contributed by atoms with van der Waals surface area (Å²) < 4.78 is 0. The fourth-order valence-electron chi connectivity index (χ4n) is 4.15. The first kappa shape index (κ1) is 19.9. The lowest BCUT2D eigenvalue weighted by Gasteiger charge is -2.28. The molecule has 3 aromatic rings. The van der Waals surface area contributed by atoms with Crippen LogP contribution in [0.3, 0.4) is 0 Å². The van der Waals surface area contributed by atoms with Crippen molar-refractivity contribution in [1.82, 2.24) is 0 Å². The molecular formula is C23H16Cl2N2O4. The van der Waals surface area contributed by atoms with Gasteiger partial charge >= 0.3 is 0 Å². The number of hydroxylamine groups is 1. The van der Waals surface area contributed by atoms with Gasteiger partial charge in [-0.1, -0.05) is 53.5 Å². The van der Waals surface area contributed by atoms with Crippen LogP contribution in [0.15, 0.2) is 72.8 Å². The predicted octanol–water partition coefficient (Wildman–Crippen LogP) is 4.75. The maximum Gasteiger partial charge on any atom is 0.266 e. The molecule has 0 radical (unpaired) electrons. The normalized spacial score (nSPS) is 22.8. The van der Waals surface area contributed by atoms with Crippen LogP contribution in [0, 0.1) is 5.92 Å². The van der Waals surface area contributed by atoms with Gasteiger partial charge in [0.15, 0.2) is 6.10 Å². The minimum absolute atomic E-state index is 0.106. The minimum atomic E-state index is -0.996. The predicted molar refractivity (Wildman–Crippen MR) is 117 cm³/mol. The van der Waals surface area contributed by atoms with Crippen molar-refractivity contribution in [3.8, 4) is 5.75 Å². The summed E-state index contributed by atoms with van der Waals surface area (Å²) in [5.41, 5.74) is 1.76. The zero-order chi connectivity index (χ0) is 21.7. The number of benzene rings is 3. The SMILES string of the molecule is O=C1[C@@H]2[C@@H](ON(c3ccccc3)[C@H]2c2ccc(O)cc2)C(=O)N1c1cc(Cl)cc(Cl)c1. The molecule has 0 saturated carbocycles. The van der Waals surface area contributed by atoms with E-state index in [0.29, 0.717) is 21.4 Å². The van der Waals surface area contributed by atoms with E-state index in [9.17, 15) is 14.7 Å². The molecule has 2 fully saturated rings. The monoisotopic (exact) mass is 454 g/mol. The third-order valence-electron chi connectivity index (χ3n) is 5.47. The summed E-state index contributed by atoms with van der Waals surface area (Å²) in [6.07, 6.45) is -0.996. The number of hydrogen-bond donors (Lipinski definition) is 1. The van der Waals surface area contributed by atoms with Crippen molar-refractivity contribution in [2.75, 3.05) is 9.96 Å². The number of carbonyl (C=O) groups is 2. The molecule has 0 aliphatic carbocycles. The highest BCUT2D eigenvalue weighted by Gasteiger charge is 2.60. The Labute approximate surface area is 188 Å². The smallest absolute Gasteiger partial charge is 0.266 e. The highest BCUT2D eigenvalue weighted by Crippen LogP contribution is 2.48. The average Bonchev–Trinajstić information content (AvgIpc) is 3.25. The molecule has 2 aliphatic rings. The Morgan fingerprint density at radius 3 is 2.10 bits per heavy atom. The molecule has 0 aromatic heterocycles. The van der Waals surface area contributed by atoms with Gasteiger partial charge in [0.25, 0.3) is 5.91 Å². The third-order valence-corrected chi connectivity index (χ3v) is 5.90. The second-order valence-electron chi connectivity index (χ2n) is 7.39. The van der Waals surface area contributed by atoms with Crippen LogP contribution in [-0.4, -0.2) is 23.0 Å². The van der Waals surface area contributed by atoms with Crippen molar-refractivity contribution in [2.24, 2.45) is 5.92 Å². The lowest BCUT2D eigenvalue weighted by atomic mass is 9.90. The van der Waals surface area contributed by atoms with Gasteiger partial charge < -0.3 is 5.11 Å². The fourth-order valence-corrected chi connectivity index (χ4v) is 4.66. The summed E-state index contributed by atoms with van der Waals surface area (Å²) in [5.74, 6) is -1.55. The number of phenols is 1. The van der Waals surface area contributed by atoms with E-state index in [2.05, 4.69) is 0 Å². The molecule has 8 heteroatoms. The number of halogens is 2. The van der Waals surface area contributed by atoms with Crippen LogP contribution in [0.5, 0.6) is 5.75 Å². The Hall–Kier alpha value is -3.06. The van der Waals surface area contributed by atoms with Crippen molar-refractivity contribution in [3.05, 3.63) is 88.4 Å². The number of carbonyl (C=O) groups excluding carboxylic acids is 2. The van der Waals surface area contributed by atoms with E-state index >= 15 is 0 Å². The van der Waals surface area contributed by atoms with Crippen LogP contribution in [0.2, 0.25) is 10.0 Å². The van der Waals surface area contributed by atoms with Crippen molar-refractivity contribution in [2.45, 2.75) is 12.1 Å². The third kappa shape index (κ3) is 3.33. The van der Waals surface area contributed by atoms with Crippen LogP contribution in [0.1, 0.15) is 11.6 Å². The van der Waals surface area contributed by atoms with E-state index in [4.69, 9.17) is 28.0 Å². The standard InChI is InChI=1S/C23H16Cl2N2O4/c24-14-10-15(25)12-17(11-14)26-22(29)19-20(13-6-8-18(28)9-7-13)27(31-21(19)23(26)30)16-4-2-1-3-5-16/h1-12,19-21,28H/t19-,20-,21+/m0/s1. The van der Waals surface area contributed by atoms with Gasteiger partial charge in [0.1, 0.15) is 11.7 Å². The van der Waals surface area contributed by atoms with Crippen LogP contribution in [-0.2, 0) is 14.4 Å². The summed E-state index contributed by atoms with van der Waals surface area (Å²) >= 11 is 12.2. The number of rotatable bonds is 3. The van der Waals surface area contributed by atoms with E-state index in [0.717, 1.165) is 10.5 Å². The largest absolute Gasteiger partial charge is 0.508 e. The van der Waals surface area contributed by atoms with Crippen molar-refractivity contribution in [1.29, 1.82) is 0 Å². The number of nitrogens with zero attached hydrogens (tertiary/aromatic N) is 2. The molecule has 2 saturated heterocycles. The first-order chi connectivity index (χ1) is 14.9. The maximum atomic E-state index is 13.5. The Bertz CT molecular complexity index is 1150. The minimum Gasteiger partial charge on any atom is -0.508 e. The Morgan fingerprint density at radius 1 is 0.806 bits per heavy atom. The number of fused-ring (bicyclic) bond motifs is 1. The Morgan fingerprint density at radius 2 is 1.45 bits per heavy atom. The molecule has 31 heavy (non-hydrogen) atoms. The second kappa shape index (κ2) is 7.57. The highest BCUT2D eigenvalue weighted by atomic mass is 35.5. The van der Waals surface area contributed by atoms with Gasteiger partial charge in [-0.3, -0.25) is 14.4 Å². The zero-order valence-electron chi connectivity index (χ0n) is 16.0. The molecule has 0 bridgehead atoms. The molecule has 2 aliphatic heterocycles. The number of imide groups is 1. The first-order valence-corrected chi connectivity index (χ1v) is 10.3. The van der Waals surface area contributed by atoms with Gasteiger partial charge in [-0.05, 0) is 48.0 Å². The van der Waals surface area contributed by atoms with Crippen LogP contribution in [0.4, 0.5) is 11.4 Å². The van der Waals surface area contributed by atoms with Gasteiger partial charge in [0.2, 0.25) is 5.91 Å². The molecule has 156 valence electrons. The molecule has 5 rings (SSSR count). The Balaban J connectivity index is 1.59. The number of amides is 2. The average molecular weight is 455 g/mol. The van der Waals surface area contributed by atoms with Gasteiger partial charge in [-0.15, -0.1) is 0 Å². The van der Waals surface area contributed by atoms with Crippen LogP contribution >= 0.6 is 23.2 Å². The number of phenolic OH excluding ortho intramolecular Hbond substituents is 1. The van der Waals surface area contributed by atoms with Crippen molar-refractivity contribution in [3.63, 3.8) is 0 Å².